The summed E-state index contributed by atoms with van der Waals surface area (Å²) in [6.07, 6.45) is 0. The van der Waals surface area contributed by atoms with Gasteiger partial charge in [-0.05, 0) is 29.7 Å². The summed E-state index contributed by atoms with van der Waals surface area (Å²) < 4.78 is 16.1. The van der Waals surface area contributed by atoms with Gasteiger partial charge in [-0.1, -0.05) is 43.6 Å². The zero-order chi connectivity index (χ0) is 20.1. The molecule has 1 amide bonds. The van der Waals surface area contributed by atoms with Crippen molar-refractivity contribution in [3.05, 3.63) is 52.5 Å². The van der Waals surface area contributed by atoms with Crippen molar-refractivity contribution < 1.29 is 19.0 Å². The lowest BCUT2D eigenvalue weighted by Gasteiger charge is -2.32. The molecule has 0 aliphatic carbocycles. The van der Waals surface area contributed by atoms with Gasteiger partial charge < -0.3 is 19.1 Å². The van der Waals surface area contributed by atoms with E-state index in [-0.39, 0.29) is 17.9 Å². The molecule has 0 spiro atoms. The van der Waals surface area contributed by atoms with Crippen LogP contribution in [-0.4, -0.2) is 39.2 Å². The molecule has 0 radical (unpaired) electrons. The van der Waals surface area contributed by atoms with Crippen molar-refractivity contribution in [1.82, 2.24) is 4.90 Å². The molecule has 0 fully saturated rings. The predicted molar refractivity (Wildman–Crippen MR) is 107 cm³/mol. The Morgan fingerprint density at radius 1 is 1.00 bits per heavy atom. The number of hydrogen-bond acceptors (Lipinski definition) is 4. The summed E-state index contributed by atoms with van der Waals surface area (Å²) in [5, 5.41) is 0.640. The maximum Gasteiger partial charge on any atom is 0.254 e. The zero-order valence-electron chi connectivity index (χ0n) is 16.6. The SMILES string of the molecule is COc1cc(C(=O)N(C)C(c2ccccc2Cl)C(C)C)cc(OC)c1OC. The highest BCUT2D eigenvalue weighted by Gasteiger charge is 2.28. The van der Waals surface area contributed by atoms with E-state index >= 15 is 0 Å². The van der Waals surface area contributed by atoms with Crippen LogP contribution in [0.1, 0.15) is 35.8 Å². The van der Waals surface area contributed by atoms with E-state index in [0.29, 0.717) is 27.8 Å². The highest BCUT2D eigenvalue weighted by atomic mass is 35.5. The Labute approximate surface area is 165 Å². The molecule has 2 aromatic rings. The van der Waals surface area contributed by atoms with Crippen molar-refractivity contribution >= 4 is 17.5 Å². The molecule has 5 nitrogen and oxygen atoms in total. The monoisotopic (exact) mass is 391 g/mol. The maximum atomic E-state index is 13.2. The molecule has 0 aliphatic rings. The molecule has 0 saturated carbocycles. The van der Waals surface area contributed by atoms with Gasteiger partial charge in [-0.25, -0.2) is 0 Å². The van der Waals surface area contributed by atoms with Crippen LogP contribution < -0.4 is 14.2 Å². The molecule has 1 atom stereocenters. The van der Waals surface area contributed by atoms with E-state index in [4.69, 9.17) is 25.8 Å². The van der Waals surface area contributed by atoms with E-state index in [2.05, 4.69) is 13.8 Å². The third kappa shape index (κ3) is 4.30. The molecule has 146 valence electrons. The molecule has 0 N–H and O–H groups in total. The molecule has 6 heteroatoms. The first-order chi connectivity index (χ1) is 12.8. The first kappa shape index (κ1) is 20.9. The molecule has 0 aromatic heterocycles. The molecule has 0 bridgehead atoms. The number of halogens is 1. The van der Waals surface area contributed by atoms with Gasteiger partial charge in [-0.3, -0.25) is 4.79 Å². The van der Waals surface area contributed by atoms with Gasteiger partial charge >= 0.3 is 0 Å². The summed E-state index contributed by atoms with van der Waals surface area (Å²) in [4.78, 5) is 14.9. The topological polar surface area (TPSA) is 48.0 Å². The predicted octanol–water partition coefficient (Wildman–Crippen LogP) is 4.84. The van der Waals surface area contributed by atoms with Gasteiger partial charge in [-0.2, -0.15) is 0 Å². The van der Waals surface area contributed by atoms with Gasteiger partial charge in [0.2, 0.25) is 5.75 Å². The highest BCUT2D eigenvalue weighted by molar-refractivity contribution is 6.31. The highest BCUT2D eigenvalue weighted by Crippen LogP contribution is 2.39. The van der Waals surface area contributed by atoms with Crippen molar-refractivity contribution in [1.29, 1.82) is 0 Å². The summed E-state index contributed by atoms with van der Waals surface area (Å²) >= 11 is 6.40. The van der Waals surface area contributed by atoms with E-state index in [1.54, 1.807) is 24.1 Å². The van der Waals surface area contributed by atoms with Crippen LogP contribution in [-0.2, 0) is 0 Å². The summed E-state index contributed by atoms with van der Waals surface area (Å²) in [6.45, 7) is 4.12. The number of benzene rings is 2. The molecule has 0 aliphatic heterocycles. The Balaban J connectivity index is 2.47. The number of hydrogen-bond donors (Lipinski definition) is 0. The third-order valence-corrected chi connectivity index (χ3v) is 4.85. The van der Waals surface area contributed by atoms with E-state index in [9.17, 15) is 4.79 Å². The molecule has 2 aromatic carbocycles. The average molecular weight is 392 g/mol. The molecule has 0 saturated heterocycles. The van der Waals surface area contributed by atoms with E-state index < -0.39 is 0 Å². The lowest BCUT2D eigenvalue weighted by atomic mass is 9.94. The Morgan fingerprint density at radius 3 is 2.00 bits per heavy atom. The fourth-order valence-electron chi connectivity index (χ4n) is 3.26. The minimum absolute atomic E-state index is 0.159. The molecule has 27 heavy (non-hydrogen) atoms. The second-order valence-corrected chi connectivity index (χ2v) is 6.95. The summed E-state index contributed by atoms with van der Waals surface area (Å²) in [7, 11) is 6.35. The van der Waals surface area contributed by atoms with E-state index in [0.717, 1.165) is 5.56 Å². The number of carbonyl (C=O) groups is 1. The summed E-state index contributed by atoms with van der Waals surface area (Å²) in [5.41, 5.74) is 1.36. The number of rotatable bonds is 7. The largest absolute Gasteiger partial charge is 0.493 e. The van der Waals surface area contributed by atoms with Crippen LogP contribution >= 0.6 is 11.6 Å². The number of nitrogens with zero attached hydrogens (tertiary/aromatic N) is 1. The molecule has 2 rings (SSSR count). The van der Waals surface area contributed by atoms with Gasteiger partial charge in [-0.15, -0.1) is 0 Å². The number of amides is 1. The van der Waals surface area contributed by atoms with E-state index in [1.807, 2.05) is 24.3 Å². The maximum absolute atomic E-state index is 13.2. The normalized spacial score (nSPS) is 11.9. The smallest absolute Gasteiger partial charge is 0.254 e. The fraction of sp³-hybridized carbons (Fsp3) is 0.381. The van der Waals surface area contributed by atoms with Gasteiger partial charge in [0.15, 0.2) is 11.5 Å². The summed E-state index contributed by atoms with van der Waals surface area (Å²) in [6, 6.07) is 10.7. The van der Waals surface area contributed by atoms with Gasteiger partial charge in [0, 0.05) is 17.6 Å². The molecule has 1 unspecified atom stereocenters. The van der Waals surface area contributed by atoms with Crippen molar-refractivity contribution in [2.24, 2.45) is 5.92 Å². The minimum atomic E-state index is -0.176. The van der Waals surface area contributed by atoms with Crippen molar-refractivity contribution in [3.63, 3.8) is 0 Å². The lowest BCUT2D eigenvalue weighted by molar-refractivity contribution is 0.0686. The molecular formula is C21H26ClNO4. The van der Waals surface area contributed by atoms with E-state index in [1.165, 1.54) is 21.3 Å². The number of ether oxygens (including phenoxy) is 3. The Morgan fingerprint density at radius 2 is 1.56 bits per heavy atom. The Kier molecular flexibility index (Phi) is 6.97. The Bertz CT molecular complexity index is 782. The second-order valence-electron chi connectivity index (χ2n) is 6.54. The van der Waals surface area contributed by atoms with Crippen LogP contribution in [0.3, 0.4) is 0 Å². The second kappa shape index (κ2) is 9.00. The summed E-state index contributed by atoms with van der Waals surface area (Å²) in [5.74, 6) is 1.33. The average Bonchev–Trinajstić information content (AvgIpc) is 2.67. The molecular weight excluding hydrogens is 366 g/mol. The van der Waals surface area contributed by atoms with Crippen molar-refractivity contribution in [2.75, 3.05) is 28.4 Å². The van der Waals surface area contributed by atoms with Crippen LogP contribution in [0.25, 0.3) is 0 Å². The van der Waals surface area contributed by atoms with Crippen LogP contribution in [0.5, 0.6) is 17.2 Å². The van der Waals surface area contributed by atoms with Gasteiger partial charge in [0.05, 0.1) is 27.4 Å². The first-order valence-corrected chi connectivity index (χ1v) is 9.05. The Hall–Kier alpha value is -2.40. The minimum Gasteiger partial charge on any atom is -0.493 e. The number of methoxy groups -OCH3 is 3. The van der Waals surface area contributed by atoms with Crippen LogP contribution in [0.2, 0.25) is 5.02 Å². The van der Waals surface area contributed by atoms with Crippen molar-refractivity contribution in [3.8, 4) is 17.2 Å². The lowest BCUT2D eigenvalue weighted by Crippen LogP contribution is -2.34. The zero-order valence-corrected chi connectivity index (χ0v) is 17.3. The number of carbonyl (C=O) groups excluding carboxylic acids is 1. The van der Waals surface area contributed by atoms with Crippen LogP contribution in [0.4, 0.5) is 0 Å². The first-order valence-electron chi connectivity index (χ1n) is 8.67. The van der Waals surface area contributed by atoms with Crippen LogP contribution in [0, 0.1) is 5.92 Å². The van der Waals surface area contributed by atoms with Gasteiger partial charge in [0.25, 0.3) is 5.91 Å². The van der Waals surface area contributed by atoms with Crippen LogP contribution in [0.15, 0.2) is 36.4 Å². The standard InChI is InChI=1S/C21H26ClNO4/c1-13(2)19(15-9-7-8-10-16(15)22)23(3)21(24)14-11-17(25-4)20(27-6)18(12-14)26-5/h7-13,19H,1-6H3. The van der Waals surface area contributed by atoms with Crippen molar-refractivity contribution in [2.45, 2.75) is 19.9 Å². The third-order valence-electron chi connectivity index (χ3n) is 4.50. The fourth-order valence-corrected chi connectivity index (χ4v) is 3.51. The quantitative estimate of drug-likeness (QED) is 0.677. The molecule has 0 heterocycles. The van der Waals surface area contributed by atoms with Gasteiger partial charge in [0.1, 0.15) is 0 Å².